The molecule has 0 atom stereocenters. The molecule has 0 unspecified atom stereocenters. The van der Waals surface area contributed by atoms with E-state index in [0.717, 1.165) is 17.5 Å². The number of rotatable bonds is 3. The van der Waals surface area contributed by atoms with Crippen molar-refractivity contribution in [3.8, 4) is 5.75 Å². The molecular weight excluding hydrogens is 302 g/mol. The van der Waals surface area contributed by atoms with Crippen LogP contribution in [-0.2, 0) is 0 Å². The van der Waals surface area contributed by atoms with Crippen molar-refractivity contribution in [2.75, 3.05) is 12.4 Å². The fourth-order valence-corrected chi connectivity index (χ4v) is 2.13. The van der Waals surface area contributed by atoms with Crippen LogP contribution in [0.4, 0.5) is 14.5 Å². The normalized spacial score (nSPS) is 10.6. The minimum Gasteiger partial charge on any atom is -0.497 e. The highest BCUT2D eigenvalue weighted by atomic mass is 19.2. The Kier molecular flexibility index (Phi) is 3.89. The maximum absolute atomic E-state index is 13.2. The van der Waals surface area contributed by atoms with Crippen molar-refractivity contribution >= 4 is 22.5 Å². The summed E-state index contributed by atoms with van der Waals surface area (Å²) in [6, 6.07) is 11.7. The second kappa shape index (κ2) is 6.00. The Morgan fingerprint density at radius 2 is 1.87 bits per heavy atom. The van der Waals surface area contributed by atoms with Gasteiger partial charge in [-0.15, -0.1) is 0 Å². The number of hydrogen-bond donors (Lipinski definition) is 1. The number of carbonyl (C=O) groups is 1. The van der Waals surface area contributed by atoms with Crippen molar-refractivity contribution in [1.82, 2.24) is 4.98 Å². The van der Waals surface area contributed by atoms with E-state index in [1.54, 1.807) is 37.4 Å². The summed E-state index contributed by atoms with van der Waals surface area (Å²) in [5, 5.41) is 3.31. The molecule has 0 spiro atoms. The highest BCUT2D eigenvalue weighted by Crippen LogP contribution is 2.20. The predicted octanol–water partition coefficient (Wildman–Crippen LogP) is 3.77. The maximum atomic E-state index is 13.2. The highest BCUT2D eigenvalue weighted by molar-refractivity contribution is 6.04. The van der Waals surface area contributed by atoms with Gasteiger partial charge in [0.25, 0.3) is 5.91 Å². The molecule has 0 radical (unpaired) electrons. The number of anilines is 1. The molecule has 0 fully saturated rings. The number of nitrogens with one attached hydrogen (secondary N) is 1. The molecule has 0 bridgehead atoms. The van der Waals surface area contributed by atoms with Gasteiger partial charge in [0.1, 0.15) is 11.4 Å². The molecule has 0 aliphatic heterocycles. The van der Waals surface area contributed by atoms with Crippen LogP contribution in [0, 0.1) is 11.6 Å². The molecule has 6 heteroatoms. The Bertz CT molecular complexity index is 897. The minimum atomic E-state index is -1.03. The smallest absolute Gasteiger partial charge is 0.274 e. The number of fused-ring (bicyclic) bond motifs is 1. The van der Waals surface area contributed by atoms with Crippen molar-refractivity contribution < 1.29 is 18.3 Å². The van der Waals surface area contributed by atoms with Crippen molar-refractivity contribution in [2.45, 2.75) is 0 Å². The van der Waals surface area contributed by atoms with Crippen LogP contribution in [0.3, 0.4) is 0 Å². The van der Waals surface area contributed by atoms with Crippen LogP contribution >= 0.6 is 0 Å². The maximum Gasteiger partial charge on any atom is 0.274 e. The van der Waals surface area contributed by atoms with E-state index in [4.69, 9.17) is 4.74 Å². The molecule has 1 aromatic heterocycles. The van der Waals surface area contributed by atoms with Gasteiger partial charge >= 0.3 is 0 Å². The zero-order chi connectivity index (χ0) is 16.4. The average molecular weight is 314 g/mol. The van der Waals surface area contributed by atoms with Gasteiger partial charge in [-0.3, -0.25) is 4.79 Å². The molecule has 0 saturated carbocycles. The number of ether oxygens (including phenoxy) is 1. The van der Waals surface area contributed by atoms with Crippen molar-refractivity contribution in [3.05, 3.63) is 65.9 Å². The number of benzene rings is 2. The quantitative estimate of drug-likeness (QED) is 0.800. The van der Waals surface area contributed by atoms with Gasteiger partial charge in [0.15, 0.2) is 11.6 Å². The Balaban J connectivity index is 1.86. The van der Waals surface area contributed by atoms with Crippen molar-refractivity contribution in [2.24, 2.45) is 0 Å². The number of carbonyl (C=O) groups excluding carboxylic acids is 1. The van der Waals surface area contributed by atoms with E-state index in [0.29, 0.717) is 11.3 Å². The summed E-state index contributed by atoms with van der Waals surface area (Å²) >= 11 is 0. The van der Waals surface area contributed by atoms with Crippen molar-refractivity contribution in [3.63, 3.8) is 0 Å². The summed E-state index contributed by atoms with van der Waals surface area (Å²) in [6.07, 6.45) is 0. The second-order valence-corrected chi connectivity index (χ2v) is 4.84. The monoisotopic (exact) mass is 314 g/mol. The van der Waals surface area contributed by atoms with Gasteiger partial charge in [-0.1, -0.05) is 6.07 Å². The van der Waals surface area contributed by atoms with Crippen molar-refractivity contribution in [1.29, 1.82) is 0 Å². The lowest BCUT2D eigenvalue weighted by atomic mass is 10.2. The summed E-state index contributed by atoms with van der Waals surface area (Å²) in [5.41, 5.74) is 0.960. The van der Waals surface area contributed by atoms with E-state index >= 15 is 0 Å². The van der Waals surface area contributed by atoms with E-state index in [2.05, 4.69) is 10.3 Å². The number of hydrogen-bond acceptors (Lipinski definition) is 3. The summed E-state index contributed by atoms with van der Waals surface area (Å²) in [6.45, 7) is 0. The number of pyridine rings is 1. The van der Waals surface area contributed by atoms with Gasteiger partial charge in [-0.2, -0.15) is 0 Å². The van der Waals surface area contributed by atoms with Gasteiger partial charge in [-0.25, -0.2) is 13.8 Å². The SMILES string of the molecule is COc1ccc2nc(C(=O)Nc3ccc(F)c(F)c3)ccc2c1. The first-order valence-corrected chi connectivity index (χ1v) is 6.78. The van der Waals surface area contributed by atoms with E-state index in [1.165, 1.54) is 6.07 Å². The molecule has 23 heavy (non-hydrogen) atoms. The Labute approximate surface area is 130 Å². The zero-order valence-electron chi connectivity index (χ0n) is 12.1. The first-order valence-electron chi connectivity index (χ1n) is 6.78. The molecule has 0 saturated heterocycles. The molecule has 4 nitrogen and oxygen atoms in total. The van der Waals surface area contributed by atoms with E-state index < -0.39 is 17.5 Å². The van der Waals surface area contributed by atoms with E-state index in [9.17, 15) is 13.6 Å². The molecule has 3 aromatic rings. The van der Waals surface area contributed by atoms with Crippen LogP contribution in [0.25, 0.3) is 10.9 Å². The van der Waals surface area contributed by atoms with Crippen LogP contribution < -0.4 is 10.1 Å². The van der Waals surface area contributed by atoms with Crippen LogP contribution in [0.2, 0.25) is 0 Å². The third-order valence-corrected chi connectivity index (χ3v) is 3.31. The largest absolute Gasteiger partial charge is 0.497 e. The van der Waals surface area contributed by atoms with E-state index in [1.807, 2.05) is 0 Å². The minimum absolute atomic E-state index is 0.158. The highest BCUT2D eigenvalue weighted by Gasteiger charge is 2.10. The Morgan fingerprint density at radius 3 is 2.61 bits per heavy atom. The summed E-state index contributed by atoms with van der Waals surface area (Å²) < 4.78 is 31.2. The number of aromatic nitrogens is 1. The molecule has 2 aromatic carbocycles. The molecule has 3 rings (SSSR count). The van der Waals surface area contributed by atoms with E-state index in [-0.39, 0.29) is 11.4 Å². The Hall–Kier alpha value is -3.02. The fraction of sp³-hybridized carbons (Fsp3) is 0.0588. The average Bonchev–Trinajstić information content (AvgIpc) is 2.57. The summed E-state index contributed by atoms with van der Waals surface area (Å²) in [4.78, 5) is 16.4. The van der Waals surface area contributed by atoms with Gasteiger partial charge in [0.05, 0.1) is 12.6 Å². The topological polar surface area (TPSA) is 51.2 Å². The number of nitrogens with zero attached hydrogens (tertiary/aromatic N) is 1. The van der Waals surface area contributed by atoms with Gasteiger partial charge in [-0.05, 0) is 36.4 Å². The lowest BCUT2D eigenvalue weighted by Crippen LogP contribution is -2.13. The number of halogens is 2. The Morgan fingerprint density at radius 1 is 1.04 bits per heavy atom. The fourth-order valence-electron chi connectivity index (χ4n) is 2.13. The van der Waals surface area contributed by atoms with Crippen LogP contribution in [-0.4, -0.2) is 18.0 Å². The van der Waals surface area contributed by atoms with Gasteiger partial charge in [0.2, 0.25) is 0 Å². The summed E-state index contributed by atoms with van der Waals surface area (Å²) in [7, 11) is 1.57. The second-order valence-electron chi connectivity index (χ2n) is 4.84. The van der Waals surface area contributed by atoms with Gasteiger partial charge in [0, 0.05) is 17.1 Å². The standard InChI is InChI=1S/C17H12F2N2O2/c1-23-12-4-7-15-10(8-12)2-6-16(21-15)17(22)20-11-3-5-13(18)14(19)9-11/h2-9H,1H3,(H,20,22). The first kappa shape index (κ1) is 14.9. The van der Waals surface area contributed by atoms with Gasteiger partial charge < -0.3 is 10.1 Å². The van der Waals surface area contributed by atoms with Crippen LogP contribution in [0.1, 0.15) is 10.5 Å². The zero-order valence-corrected chi connectivity index (χ0v) is 12.1. The molecule has 1 amide bonds. The predicted molar refractivity (Wildman–Crippen MR) is 82.6 cm³/mol. The third kappa shape index (κ3) is 3.11. The summed E-state index contributed by atoms with van der Waals surface area (Å²) in [5.74, 6) is -1.81. The lowest BCUT2D eigenvalue weighted by molar-refractivity contribution is 0.102. The molecule has 0 aliphatic rings. The molecular formula is C17H12F2N2O2. The van der Waals surface area contributed by atoms with Crippen LogP contribution in [0.5, 0.6) is 5.75 Å². The number of methoxy groups -OCH3 is 1. The third-order valence-electron chi connectivity index (χ3n) is 3.31. The number of amides is 1. The molecule has 0 aliphatic carbocycles. The molecule has 116 valence electrons. The molecule has 1 N–H and O–H groups in total. The first-order chi connectivity index (χ1) is 11.1. The lowest BCUT2D eigenvalue weighted by Gasteiger charge is -2.07. The molecule has 1 heterocycles. The van der Waals surface area contributed by atoms with Crippen LogP contribution in [0.15, 0.2) is 48.5 Å².